The number of carbonyl (C=O) groups is 1. The summed E-state index contributed by atoms with van der Waals surface area (Å²) < 4.78 is 0. The monoisotopic (exact) mass is 398 g/mol. The molecule has 0 fully saturated rings. The summed E-state index contributed by atoms with van der Waals surface area (Å²) in [5.41, 5.74) is 10.9. The molecule has 1 aromatic heterocycles. The average molecular weight is 398 g/mol. The van der Waals surface area contributed by atoms with Gasteiger partial charge in [0.2, 0.25) is 0 Å². The number of rotatable bonds is 5. The first-order valence-corrected chi connectivity index (χ1v) is 9.62. The summed E-state index contributed by atoms with van der Waals surface area (Å²) in [6, 6.07) is 12.9. The van der Waals surface area contributed by atoms with E-state index in [2.05, 4.69) is 20.5 Å². The fourth-order valence-electron chi connectivity index (χ4n) is 3.36. The zero-order chi connectivity index (χ0) is 21.1. The van der Waals surface area contributed by atoms with Crippen LogP contribution in [0.2, 0.25) is 0 Å². The van der Waals surface area contributed by atoms with Crippen molar-refractivity contribution in [1.82, 2.24) is 20.5 Å². The maximum atomic E-state index is 12.5. The smallest absolute Gasteiger partial charge is 0.255 e. The molecule has 1 unspecified atom stereocenters. The summed E-state index contributed by atoms with van der Waals surface area (Å²) in [5, 5.41) is 18.3. The van der Waals surface area contributed by atoms with Crippen molar-refractivity contribution in [3.05, 3.63) is 89.4 Å². The molecule has 7 heteroatoms. The van der Waals surface area contributed by atoms with Gasteiger partial charge < -0.3 is 16.5 Å². The van der Waals surface area contributed by atoms with E-state index >= 15 is 0 Å². The van der Waals surface area contributed by atoms with Crippen LogP contribution in [0.5, 0.6) is 0 Å². The molecule has 1 aliphatic carbocycles. The SMILES string of the molecule is Cc1ccc(C(=O)NC2=CC(C(=N)c3cc(-c4ncn[nH]4)ccc3N)CC=C2)cc1. The number of H-pyrrole nitrogens is 1. The first-order chi connectivity index (χ1) is 14.5. The van der Waals surface area contributed by atoms with Gasteiger partial charge in [-0.1, -0.05) is 29.8 Å². The number of benzene rings is 2. The zero-order valence-corrected chi connectivity index (χ0v) is 16.5. The van der Waals surface area contributed by atoms with Crippen molar-refractivity contribution in [2.45, 2.75) is 13.3 Å². The van der Waals surface area contributed by atoms with E-state index in [1.165, 1.54) is 6.33 Å². The van der Waals surface area contributed by atoms with Crippen molar-refractivity contribution in [2.75, 3.05) is 5.73 Å². The van der Waals surface area contributed by atoms with Crippen LogP contribution in [-0.4, -0.2) is 26.8 Å². The Morgan fingerprint density at radius 1 is 1.23 bits per heavy atom. The molecule has 0 bridgehead atoms. The first kappa shape index (κ1) is 19.3. The highest BCUT2D eigenvalue weighted by Crippen LogP contribution is 2.27. The van der Waals surface area contributed by atoms with Gasteiger partial charge in [-0.3, -0.25) is 9.89 Å². The van der Waals surface area contributed by atoms with E-state index in [-0.39, 0.29) is 11.8 Å². The third kappa shape index (κ3) is 4.05. The fourth-order valence-corrected chi connectivity index (χ4v) is 3.36. The Bertz CT molecular complexity index is 1140. The molecule has 30 heavy (non-hydrogen) atoms. The lowest BCUT2D eigenvalue weighted by molar-refractivity contribution is 0.0967. The van der Waals surface area contributed by atoms with Crippen LogP contribution in [0.3, 0.4) is 0 Å². The summed E-state index contributed by atoms with van der Waals surface area (Å²) in [4.78, 5) is 16.7. The number of nitrogen functional groups attached to an aromatic ring is 1. The third-order valence-corrected chi connectivity index (χ3v) is 5.04. The Labute approximate surface area is 174 Å². The lowest BCUT2D eigenvalue weighted by Gasteiger charge is -2.20. The molecule has 5 N–H and O–H groups in total. The van der Waals surface area contributed by atoms with Crippen LogP contribution in [-0.2, 0) is 0 Å². The van der Waals surface area contributed by atoms with Crippen LogP contribution in [0, 0.1) is 18.3 Å². The molecule has 7 nitrogen and oxygen atoms in total. The number of hydrogen-bond donors (Lipinski definition) is 4. The van der Waals surface area contributed by atoms with Crippen LogP contribution in [0.1, 0.15) is 27.9 Å². The number of nitrogens with two attached hydrogens (primary N) is 1. The molecule has 4 rings (SSSR count). The molecular formula is C23H22N6O. The van der Waals surface area contributed by atoms with Crippen molar-refractivity contribution < 1.29 is 4.79 Å². The average Bonchev–Trinajstić information content (AvgIpc) is 3.29. The Hall–Kier alpha value is -4.00. The van der Waals surface area contributed by atoms with Gasteiger partial charge in [0.1, 0.15) is 6.33 Å². The first-order valence-electron chi connectivity index (χ1n) is 9.62. The minimum Gasteiger partial charge on any atom is -0.398 e. The van der Waals surface area contributed by atoms with Gasteiger partial charge in [-0.25, -0.2) is 4.98 Å². The summed E-state index contributed by atoms with van der Waals surface area (Å²) >= 11 is 0. The van der Waals surface area contributed by atoms with Gasteiger partial charge in [-0.15, -0.1) is 0 Å². The molecule has 1 atom stereocenters. The zero-order valence-electron chi connectivity index (χ0n) is 16.5. The fraction of sp³-hybridized carbons (Fsp3) is 0.130. The second-order valence-electron chi connectivity index (χ2n) is 7.24. The topological polar surface area (TPSA) is 121 Å². The summed E-state index contributed by atoms with van der Waals surface area (Å²) in [7, 11) is 0. The molecule has 3 aromatic rings. The van der Waals surface area contributed by atoms with Crippen molar-refractivity contribution in [1.29, 1.82) is 5.41 Å². The van der Waals surface area contributed by atoms with Gasteiger partial charge in [-0.05, 0) is 49.8 Å². The second-order valence-corrected chi connectivity index (χ2v) is 7.24. The van der Waals surface area contributed by atoms with Gasteiger partial charge >= 0.3 is 0 Å². The molecular weight excluding hydrogens is 376 g/mol. The van der Waals surface area contributed by atoms with Gasteiger partial charge in [0, 0.05) is 39.7 Å². The number of aromatic amines is 1. The van der Waals surface area contributed by atoms with Crippen molar-refractivity contribution in [2.24, 2.45) is 5.92 Å². The number of aromatic nitrogens is 3. The highest BCUT2D eigenvalue weighted by Gasteiger charge is 2.20. The molecule has 1 aliphatic rings. The molecule has 0 saturated carbocycles. The normalized spacial score (nSPS) is 15.5. The molecule has 150 valence electrons. The number of nitrogens with zero attached hydrogens (tertiary/aromatic N) is 2. The summed E-state index contributed by atoms with van der Waals surface area (Å²) in [6.45, 7) is 1.98. The largest absolute Gasteiger partial charge is 0.398 e. The lowest BCUT2D eigenvalue weighted by atomic mass is 9.88. The molecule has 0 spiro atoms. The molecule has 0 radical (unpaired) electrons. The number of anilines is 1. The van der Waals surface area contributed by atoms with E-state index in [1.54, 1.807) is 18.2 Å². The van der Waals surface area contributed by atoms with Crippen LogP contribution in [0.15, 0.2) is 72.7 Å². The van der Waals surface area contributed by atoms with Crippen LogP contribution < -0.4 is 11.1 Å². The number of carbonyl (C=O) groups excluding carboxylic acids is 1. The number of allylic oxidation sites excluding steroid dienone is 3. The number of aryl methyl sites for hydroxylation is 1. The van der Waals surface area contributed by atoms with Gasteiger partial charge in [0.15, 0.2) is 5.82 Å². The summed E-state index contributed by atoms with van der Waals surface area (Å²) in [6.07, 6.45) is 7.82. The highest BCUT2D eigenvalue weighted by atomic mass is 16.1. The summed E-state index contributed by atoms with van der Waals surface area (Å²) in [5.74, 6) is 0.245. The maximum Gasteiger partial charge on any atom is 0.255 e. The lowest BCUT2D eigenvalue weighted by Crippen LogP contribution is -2.25. The van der Waals surface area contributed by atoms with E-state index in [4.69, 9.17) is 11.1 Å². The minimum atomic E-state index is -0.199. The van der Waals surface area contributed by atoms with Crippen molar-refractivity contribution in [3.8, 4) is 11.4 Å². The quantitative estimate of drug-likeness (QED) is 0.387. The Morgan fingerprint density at radius 3 is 2.77 bits per heavy atom. The standard InChI is InChI=1S/C23H22N6O/c1-14-5-7-15(8-6-14)23(30)28-18-4-2-3-16(11-18)21(25)19-12-17(9-10-20(19)24)22-26-13-27-29-22/h2,4-13,16,25H,3,24H2,1H3,(H,28,30)(H,26,27,29). The Balaban J connectivity index is 1.54. The van der Waals surface area contributed by atoms with Crippen molar-refractivity contribution in [3.63, 3.8) is 0 Å². The molecule has 0 aliphatic heterocycles. The Kier molecular flexibility index (Phi) is 5.26. The molecule has 2 aromatic carbocycles. The third-order valence-electron chi connectivity index (χ3n) is 5.04. The van der Waals surface area contributed by atoms with Crippen LogP contribution in [0.4, 0.5) is 5.69 Å². The van der Waals surface area contributed by atoms with E-state index < -0.39 is 0 Å². The minimum absolute atomic E-state index is 0.176. The van der Waals surface area contributed by atoms with Gasteiger partial charge in [0.25, 0.3) is 5.91 Å². The highest BCUT2D eigenvalue weighted by molar-refractivity contribution is 6.06. The van der Waals surface area contributed by atoms with Gasteiger partial charge in [0.05, 0.1) is 0 Å². The second kappa shape index (κ2) is 8.16. The van der Waals surface area contributed by atoms with E-state index in [1.807, 2.05) is 49.4 Å². The van der Waals surface area contributed by atoms with Crippen LogP contribution >= 0.6 is 0 Å². The van der Waals surface area contributed by atoms with E-state index in [0.717, 1.165) is 11.1 Å². The predicted molar refractivity (Wildman–Crippen MR) is 117 cm³/mol. The van der Waals surface area contributed by atoms with Crippen molar-refractivity contribution >= 4 is 17.3 Å². The van der Waals surface area contributed by atoms with Gasteiger partial charge in [-0.2, -0.15) is 5.10 Å². The predicted octanol–water partition coefficient (Wildman–Crippen LogP) is 3.62. The Morgan fingerprint density at radius 2 is 2.03 bits per heavy atom. The maximum absolute atomic E-state index is 12.5. The van der Waals surface area contributed by atoms with E-state index in [9.17, 15) is 4.79 Å². The number of amides is 1. The van der Waals surface area contributed by atoms with E-state index in [0.29, 0.717) is 40.5 Å². The molecule has 0 saturated heterocycles. The van der Waals surface area contributed by atoms with Crippen LogP contribution in [0.25, 0.3) is 11.4 Å². The molecule has 1 amide bonds. The molecule has 1 heterocycles. The number of nitrogens with one attached hydrogen (secondary N) is 3. The number of hydrogen-bond acceptors (Lipinski definition) is 5.